The van der Waals surface area contributed by atoms with Gasteiger partial charge in [0.25, 0.3) is 0 Å². The molecule has 2 unspecified atom stereocenters. The van der Waals surface area contributed by atoms with Crippen molar-refractivity contribution < 1.29 is 13.2 Å². The van der Waals surface area contributed by atoms with Crippen LogP contribution in [0, 0.1) is 20.8 Å². The Balaban J connectivity index is 1.68. The van der Waals surface area contributed by atoms with Gasteiger partial charge in [0, 0.05) is 33.4 Å². The van der Waals surface area contributed by atoms with Gasteiger partial charge < -0.3 is 14.8 Å². The fraction of sp³-hybridized carbons (Fsp3) is 0.214. The first-order valence-electron chi connectivity index (χ1n) is 11.7. The summed E-state index contributed by atoms with van der Waals surface area (Å²) in [4.78, 5) is 6.67. The monoisotopic (exact) mass is 584 g/mol. The molecule has 5 rings (SSSR count). The molecule has 0 spiro atoms. The first kappa shape index (κ1) is 25.5. The predicted molar refractivity (Wildman–Crippen MR) is 147 cm³/mol. The van der Waals surface area contributed by atoms with Crippen molar-refractivity contribution in [2.24, 2.45) is 0 Å². The van der Waals surface area contributed by atoms with Gasteiger partial charge in [-0.05, 0) is 98.7 Å². The average molecular weight is 585 g/mol. The van der Waals surface area contributed by atoms with Crippen LogP contribution in [0.5, 0.6) is 0 Å². The maximum atomic E-state index is 13.5. The summed E-state index contributed by atoms with van der Waals surface area (Å²) in [5.74, 6) is 0. The molecule has 1 aliphatic rings. The number of anilines is 1. The molecule has 1 N–H and O–H groups in total. The quantitative estimate of drug-likeness (QED) is 0.248. The molecule has 190 valence electrons. The van der Waals surface area contributed by atoms with E-state index in [0.29, 0.717) is 10.8 Å². The lowest BCUT2D eigenvalue weighted by molar-refractivity contribution is -0.137. The van der Waals surface area contributed by atoms with Crippen LogP contribution in [-0.4, -0.2) is 14.7 Å². The molecule has 0 amide bonds. The summed E-state index contributed by atoms with van der Waals surface area (Å²) in [6, 6.07) is 18.7. The normalized spacial score (nSPS) is 17.8. The molecule has 1 saturated heterocycles. The highest BCUT2D eigenvalue weighted by molar-refractivity contribution is 9.10. The largest absolute Gasteiger partial charge is 0.416 e. The van der Waals surface area contributed by atoms with E-state index < -0.39 is 11.7 Å². The lowest BCUT2D eigenvalue weighted by atomic mass is 9.96. The van der Waals surface area contributed by atoms with E-state index in [2.05, 4.69) is 37.2 Å². The second-order valence-electron chi connectivity index (χ2n) is 9.14. The molecule has 0 aliphatic carbocycles. The molecule has 0 saturated carbocycles. The first-order valence-corrected chi connectivity index (χ1v) is 12.9. The van der Waals surface area contributed by atoms with E-state index in [9.17, 15) is 13.2 Å². The molecule has 0 radical (unpaired) electrons. The number of nitrogens with zero attached hydrogens (tertiary/aromatic N) is 3. The van der Waals surface area contributed by atoms with E-state index in [1.54, 1.807) is 12.3 Å². The van der Waals surface area contributed by atoms with Gasteiger partial charge in [0.05, 0.1) is 23.3 Å². The van der Waals surface area contributed by atoms with Gasteiger partial charge in [0.15, 0.2) is 5.11 Å². The lowest BCUT2D eigenvalue weighted by Gasteiger charge is -2.28. The minimum atomic E-state index is -4.42. The number of benzene rings is 2. The zero-order valence-electron chi connectivity index (χ0n) is 20.3. The number of rotatable bonds is 4. The summed E-state index contributed by atoms with van der Waals surface area (Å²) in [7, 11) is 0. The second kappa shape index (κ2) is 9.61. The first-order chi connectivity index (χ1) is 17.6. The van der Waals surface area contributed by atoms with Crippen LogP contribution in [0.25, 0.3) is 5.69 Å². The van der Waals surface area contributed by atoms with Gasteiger partial charge in [0.2, 0.25) is 0 Å². The third-order valence-corrected chi connectivity index (χ3v) is 7.94. The minimum absolute atomic E-state index is 0.256. The molecule has 2 atom stereocenters. The van der Waals surface area contributed by atoms with Crippen LogP contribution >= 0.6 is 28.1 Å². The molecule has 4 aromatic rings. The van der Waals surface area contributed by atoms with Crippen LogP contribution in [-0.2, 0) is 6.18 Å². The zero-order valence-corrected chi connectivity index (χ0v) is 22.7. The van der Waals surface area contributed by atoms with E-state index in [1.807, 2.05) is 61.7 Å². The summed E-state index contributed by atoms with van der Waals surface area (Å²) >= 11 is 9.40. The lowest BCUT2D eigenvalue weighted by Crippen LogP contribution is -2.29. The van der Waals surface area contributed by atoms with Gasteiger partial charge >= 0.3 is 6.18 Å². The van der Waals surface area contributed by atoms with Gasteiger partial charge in [-0.3, -0.25) is 4.98 Å². The predicted octanol–water partition coefficient (Wildman–Crippen LogP) is 7.76. The van der Waals surface area contributed by atoms with E-state index in [-0.39, 0.29) is 12.1 Å². The summed E-state index contributed by atoms with van der Waals surface area (Å²) in [6.45, 7) is 5.86. The van der Waals surface area contributed by atoms with Crippen molar-refractivity contribution in [1.82, 2.24) is 14.9 Å². The number of alkyl halides is 3. The van der Waals surface area contributed by atoms with Crippen molar-refractivity contribution in [3.8, 4) is 5.69 Å². The maximum Gasteiger partial charge on any atom is 0.416 e. The topological polar surface area (TPSA) is 33.1 Å². The molecular formula is C28H24BrF3N4S. The molecule has 1 fully saturated rings. The Morgan fingerprint density at radius 1 is 0.946 bits per heavy atom. The van der Waals surface area contributed by atoms with Crippen molar-refractivity contribution in [3.63, 3.8) is 0 Å². The number of nitrogens with one attached hydrogen (secondary N) is 1. The Bertz CT molecular complexity index is 1480. The average Bonchev–Trinajstić information content (AvgIpc) is 3.36. The Hall–Kier alpha value is -3.17. The van der Waals surface area contributed by atoms with Crippen LogP contribution in [0.2, 0.25) is 0 Å². The van der Waals surface area contributed by atoms with Crippen LogP contribution in [0.3, 0.4) is 0 Å². The van der Waals surface area contributed by atoms with Crippen molar-refractivity contribution in [2.75, 3.05) is 4.90 Å². The van der Waals surface area contributed by atoms with Gasteiger partial charge in [-0.1, -0.05) is 28.1 Å². The molecule has 2 aromatic heterocycles. The maximum absolute atomic E-state index is 13.5. The van der Waals surface area contributed by atoms with E-state index in [1.165, 1.54) is 12.1 Å². The molecule has 4 nitrogen and oxygen atoms in total. The number of aryl methyl sites for hydroxylation is 2. The standard InChI is InChI=1S/C28H24BrF3N4S/c1-16-13-21(10-11-23(16)29)36-26(25(34-27(36)37)24-9-4-5-12-33-24)22-14-17(2)35(18(22)3)20-8-6-7-19(15-20)28(30,31)32/h4-15,25-26H,1-3H3,(H,34,37). The molecular weight excluding hydrogens is 561 g/mol. The third kappa shape index (κ3) is 4.66. The number of pyridine rings is 1. The highest BCUT2D eigenvalue weighted by Crippen LogP contribution is 2.44. The Morgan fingerprint density at radius 3 is 2.41 bits per heavy atom. The molecule has 3 heterocycles. The molecule has 1 aliphatic heterocycles. The fourth-order valence-electron chi connectivity index (χ4n) is 5.03. The van der Waals surface area contributed by atoms with Gasteiger partial charge in [-0.15, -0.1) is 0 Å². The third-order valence-electron chi connectivity index (χ3n) is 6.74. The van der Waals surface area contributed by atoms with Crippen LogP contribution in [0.1, 0.15) is 45.9 Å². The Labute approximate surface area is 227 Å². The van der Waals surface area contributed by atoms with Gasteiger partial charge in [-0.2, -0.15) is 13.2 Å². The van der Waals surface area contributed by atoms with Crippen molar-refractivity contribution in [3.05, 3.63) is 111 Å². The Kier molecular flexibility index (Phi) is 6.62. The molecule has 2 aromatic carbocycles. The number of thiocarbonyl (C=S) groups is 1. The summed E-state index contributed by atoms with van der Waals surface area (Å²) in [5.41, 5.74) is 5.23. The Morgan fingerprint density at radius 2 is 1.73 bits per heavy atom. The van der Waals surface area contributed by atoms with Crippen molar-refractivity contribution >= 4 is 38.9 Å². The molecule has 37 heavy (non-hydrogen) atoms. The minimum Gasteiger partial charge on any atom is -0.351 e. The number of hydrogen-bond donors (Lipinski definition) is 1. The number of aromatic nitrogens is 2. The summed E-state index contributed by atoms with van der Waals surface area (Å²) in [6.07, 6.45) is -2.68. The fourth-order valence-corrected chi connectivity index (χ4v) is 5.63. The highest BCUT2D eigenvalue weighted by Gasteiger charge is 2.42. The SMILES string of the molecule is Cc1cc(N2C(=S)NC(c3ccccn3)C2c2cc(C)n(-c3cccc(C(F)(F)F)c3)c2C)ccc1Br. The number of halogens is 4. The van der Waals surface area contributed by atoms with E-state index >= 15 is 0 Å². The molecule has 9 heteroatoms. The van der Waals surface area contributed by atoms with Crippen LogP contribution in [0.4, 0.5) is 18.9 Å². The summed E-state index contributed by atoms with van der Waals surface area (Å²) in [5, 5.41) is 4.01. The number of hydrogen-bond acceptors (Lipinski definition) is 2. The van der Waals surface area contributed by atoms with Crippen molar-refractivity contribution in [2.45, 2.75) is 39.0 Å². The van der Waals surface area contributed by atoms with E-state index in [4.69, 9.17) is 12.2 Å². The smallest absolute Gasteiger partial charge is 0.351 e. The highest BCUT2D eigenvalue weighted by atomic mass is 79.9. The van der Waals surface area contributed by atoms with E-state index in [0.717, 1.165) is 44.4 Å². The molecule has 0 bridgehead atoms. The summed E-state index contributed by atoms with van der Waals surface area (Å²) < 4.78 is 43.3. The van der Waals surface area contributed by atoms with Crippen molar-refractivity contribution in [1.29, 1.82) is 0 Å². The van der Waals surface area contributed by atoms with Gasteiger partial charge in [0.1, 0.15) is 0 Å². The zero-order chi connectivity index (χ0) is 26.5. The second-order valence-corrected chi connectivity index (χ2v) is 10.4. The van der Waals surface area contributed by atoms with Crippen LogP contribution in [0.15, 0.2) is 77.4 Å². The van der Waals surface area contributed by atoms with Crippen LogP contribution < -0.4 is 10.2 Å². The van der Waals surface area contributed by atoms with Gasteiger partial charge in [-0.25, -0.2) is 0 Å².